The summed E-state index contributed by atoms with van der Waals surface area (Å²) in [6, 6.07) is 26.1. The predicted octanol–water partition coefficient (Wildman–Crippen LogP) is 4.97. The monoisotopic (exact) mass is 577 g/mol. The van der Waals surface area contributed by atoms with E-state index in [-0.39, 0.29) is 30.3 Å². The third kappa shape index (κ3) is 8.79. The van der Waals surface area contributed by atoms with Crippen molar-refractivity contribution < 1.29 is 28.5 Å². The van der Waals surface area contributed by atoms with Gasteiger partial charge in [0.1, 0.15) is 30.5 Å². The van der Waals surface area contributed by atoms with Crippen molar-refractivity contribution in [1.29, 1.82) is 10.5 Å². The van der Waals surface area contributed by atoms with E-state index in [1.165, 1.54) is 25.4 Å². The van der Waals surface area contributed by atoms with Crippen LogP contribution in [0.4, 0.5) is 10.6 Å². The van der Waals surface area contributed by atoms with Crippen molar-refractivity contribution in [1.82, 2.24) is 10.3 Å². The average molecular weight is 578 g/mol. The van der Waals surface area contributed by atoms with Crippen molar-refractivity contribution in [3.05, 3.63) is 113 Å². The lowest BCUT2D eigenvalue weighted by Gasteiger charge is -2.14. The Morgan fingerprint density at radius 2 is 1.42 bits per heavy atom. The van der Waals surface area contributed by atoms with Gasteiger partial charge in [-0.25, -0.2) is 9.78 Å². The van der Waals surface area contributed by atoms with E-state index in [1.807, 2.05) is 12.1 Å². The lowest BCUT2D eigenvalue weighted by molar-refractivity contribution is 0.102. The fourth-order valence-corrected chi connectivity index (χ4v) is 3.80. The van der Waals surface area contributed by atoms with Crippen LogP contribution in [0.15, 0.2) is 85.1 Å². The number of pyridine rings is 1. The third-order valence-corrected chi connectivity index (χ3v) is 5.97. The molecule has 11 nitrogen and oxygen atoms in total. The van der Waals surface area contributed by atoms with Crippen LogP contribution in [0.25, 0.3) is 0 Å². The quantitative estimate of drug-likeness (QED) is 0.222. The molecule has 0 radical (unpaired) electrons. The van der Waals surface area contributed by atoms with Crippen LogP contribution >= 0.6 is 0 Å². The van der Waals surface area contributed by atoms with Crippen molar-refractivity contribution in [3.8, 4) is 29.4 Å². The molecule has 216 valence electrons. The number of hydrogen-bond acceptors (Lipinski definition) is 9. The summed E-state index contributed by atoms with van der Waals surface area (Å²) in [6.45, 7) is 0.819. The van der Waals surface area contributed by atoms with Gasteiger partial charge in [-0.2, -0.15) is 10.5 Å². The first-order chi connectivity index (χ1) is 21.0. The van der Waals surface area contributed by atoms with Gasteiger partial charge in [-0.1, -0.05) is 36.4 Å². The van der Waals surface area contributed by atoms with E-state index < -0.39 is 12.0 Å². The Morgan fingerprint density at radius 1 is 0.814 bits per heavy atom. The fraction of sp³-hybridized carbons (Fsp3) is 0.156. The van der Waals surface area contributed by atoms with Gasteiger partial charge in [0.15, 0.2) is 5.75 Å². The molecule has 0 spiro atoms. The second-order valence-electron chi connectivity index (χ2n) is 8.95. The van der Waals surface area contributed by atoms with Crippen molar-refractivity contribution in [2.75, 3.05) is 25.6 Å². The van der Waals surface area contributed by atoms with Crippen molar-refractivity contribution in [2.24, 2.45) is 0 Å². The topological polar surface area (TPSA) is 156 Å². The van der Waals surface area contributed by atoms with Gasteiger partial charge in [0.25, 0.3) is 5.91 Å². The zero-order chi connectivity index (χ0) is 30.4. The zero-order valence-corrected chi connectivity index (χ0v) is 23.2. The molecule has 0 atom stereocenters. The molecule has 0 aliphatic rings. The van der Waals surface area contributed by atoms with Gasteiger partial charge in [-0.05, 0) is 36.4 Å². The van der Waals surface area contributed by atoms with Crippen molar-refractivity contribution >= 4 is 17.8 Å². The normalized spacial score (nSPS) is 10.1. The molecule has 4 aromatic rings. The Labute approximate surface area is 248 Å². The highest BCUT2D eigenvalue weighted by Gasteiger charge is 2.14. The molecule has 4 rings (SSSR count). The zero-order valence-electron chi connectivity index (χ0n) is 23.2. The number of methoxy groups -OCH3 is 1. The molecule has 1 aromatic heterocycles. The summed E-state index contributed by atoms with van der Waals surface area (Å²) in [7, 11) is 1.52. The first kappa shape index (κ1) is 30.1. The van der Waals surface area contributed by atoms with Gasteiger partial charge in [0, 0.05) is 36.4 Å². The molecule has 0 unspecified atom stereocenters. The fourth-order valence-electron chi connectivity index (χ4n) is 3.80. The minimum absolute atomic E-state index is 0.0908. The summed E-state index contributed by atoms with van der Waals surface area (Å²) in [4.78, 5) is 29.2. The van der Waals surface area contributed by atoms with Crippen LogP contribution < -0.4 is 24.8 Å². The van der Waals surface area contributed by atoms with E-state index in [0.29, 0.717) is 46.9 Å². The van der Waals surface area contributed by atoms with Crippen molar-refractivity contribution in [2.45, 2.75) is 13.2 Å². The highest BCUT2D eigenvalue weighted by molar-refractivity contribution is 6.04. The highest BCUT2D eigenvalue weighted by atomic mass is 16.6. The summed E-state index contributed by atoms with van der Waals surface area (Å²) in [6.07, 6.45) is 0.647. The van der Waals surface area contributed by atoms with Gasteiger partial charge < -0.3 is 29.6 Å². The van der Waals surface area contributed by atoms with Gasteiger partial charge >= 0.3 is 6.09 Å². The molecule has 1 heterocycles. The summed E-state index contributed by atoms with van der Waals surface area (Å²) in [5.41, 5.74) is 2.54. The maximum Gasteiger partial charge on any atom is 0.412 e. The number of hydrogen-bond donors (Lipinski definition) is 2. The highest BCUT2D eigenvalue weighted by Crippen LogP contribution is 2.26. The number of carbonyl (C=O) groups is 2. The van der Waals surface area contributed by atoms with Gasteiger partial charge in [0.2, 0.25) is 0 Å². The average Bonchev–Trinajstić information content (AvgIpc) is 3.04. The lowest BCUT2D eigenvalue weighted by Crippen LogP contribution is -2.29. The summed E-state index contributed by atoms with van der Waals surface area (Å²) < 4.78 is 21.9. The molecule has 11 heteroatoms. The Bertz CT molecular complexity index is 1580. The smallest absolute Gasteiger partial charge is 0.412 e. The minimum atomic E-state index is -0.658. The third-order valence-electron chi connectivity index (χ3n) is 5.97. The Kier molecular flexibility index (Phi) is 10.6. The maximum absolute atomic E-state index is 13.2. The number of ether oxygens (including phenoxy) is 4. The number of anilines is 1. The number of carbonyl (C=O) groups excluding carboxylic acids is 2. The van der Waals surface area contributed by atoms with Crippen molar-refractivity contribution in [3.63, 3.8) is 0 Å². The Morgan fingerprint density at radius 3 is 1.95 bits per heavy atom. The van der Waals surface area contributed by atoms with Crippen LogP contribution in [0, 0.1) is 22.7 Å². The molecule has 3 aromatic carbocycles. The standard InChI is InChI=1S/C32H27N5O6/c1-40-13-12-35-32(39)43-27-10-11-30(36-19-27)37-31(38)26-14-28(41-20-24-8-4-2-6-22(24)17-33)16-29(15-26)42-21-25-9-5-3-7-23(25)18-34/h2-11,14-16,19H,12-13,20-21H2,1H3,(H,35,39)(H,36,37,38). The molecule has 0 aliphatic carbocycles. The molecule has 2 N–H and O–H groups in total. The number of nitrogens with one attached hydrogen (secondary N) is 2. The molecule has 0 aliphatic heterocycles. The number of benzene rings is 3. The summed E-state index contributed by atoms with van der Waals surface area (Å²) in [5, 5.41) is 24.0. The molecule has 0 bridgehead atoms. The van der Waals surface area contributed by atoms with E-state index in [4.69, 9.17) is 18.9 Å². The van der Waals surface area contributed by atoms with Crippen LogP contribution in [0.3, 0.4) is 0 Å². The number of nitriles is 2. The van der Waals surface area contributed by atoms with Gasteiger partial charge in [-0.15, -0.1) is 0 Å². The van der Waals surface area contributed by atoms with Crippen LogP contribution in [-0.4, -0.2) is 37.2 Å². The predicted molar refractivity (Wildman–Crippen MR) is 156 cm³/mol. The first-order valence-electron chi connectivity index (χ1n) is 13.1. The Hall–Kier alpha value is -5.91. The number of nitrogens with zero attached hydrogens (tertiary/aromatic N) is 3. The van der Waals surface area contributed by atoms with E-state index in [2.05, 4.69) is 27.8 Å². The van der Waals surface area contributed by atoms with E-state index in [0.717, 1.165) is 0 Å². The molecule has 0 saturated carbocycles. The van der Waals surface area contributed by atoms with E-state index in [9.17, 15) is 20.1 Å². The largest absolute Gasteiger partial charge is 0.489 e. The second kappa shape index (κ2) is 15.2. The van der Waals surface area contributed by atoms with E-state index in [1.54, 1.807) is 54.6 Å². The van der Waals surface area contributed by atoms with Gasteiger partial charge in [0.05, 0.1) is 36.1 Å². The minimum Gasteiger partial charge on any atom is -0.489 e. The van der Waals surface area contributed by atoms with Crippen LogP contribution in [0.1, 0.15) is 32.6 Å². The van der Waals surface area contributed by atoms with Crippen LogP contribution in [-0.2, 0) is 18.0 Å². The Balaban J connectivity index is 1.50. The second-order valence-corrected chi connectivity index (χ2v) is 8.95. The molecule has 0 fully saturated rings. The van der Waals surface area contributed by atoms with Crippen LogP contribution in [0.2, 0.25) is 0 Å². The maximum atomic E-state index is 13.2. The molecule has 0 saturated heterocycles. The summed E-state index contributed by atoms with van der Waals surface area (Å²) >= 11 is 0. The number of amides is 2. The van der Waals surface area contributed by atoms with Crippen LogP contribution in [0.5, 0.6) is 17.2 Å². The molecular formula is C32H27N5O6. The van der Waals surface area contributed by atoms with E-state index >= 15 is 0 Å². The SMILES string of the molecule is COCCNC(=O)Oc1ccc(NC(=O)c2cc(OCc3ccccc3C#N)cc(OCc3ccccc3C#N)c2)nc1. The van der Waals surface area contributed by atoms with Gasteiger partial charge in [-0.3, -0.25) is 4.79 Å². The number of rotatable bonds is 12. The lowest BCUT2D eigenvalue weighted by atomic mass is 10.1. The molecular weight excluding hydrogens is 550 g/mol. The molecule has 43 heavy (non-hydrogen) atoms. The summed E-state index contributed by atoms with van der Waals surface area (Å²) in [5.74, 6) is 0.579. The number of aromatic nitrogens is 1. The molecule has 2 amide bonds. The first-order valence-corrected chi connectivity index (χ1v) is 13.1.